The van der Waals surface area contributed by atoms with Gasteiger partial charge in [-0.05, 0) is 37.2 Å². The lowest BCUT2D eigenvalue weighted by Gasteiger charge is -2.16. The molecular formula is C15H14BrFN4. The quantitative estimate of drug-likeness (QED) is 0.787. The van der Waals surface area contributed by atoms with Crippen molar-refractivity contribution in [3.63, 3.8) is 0 Å². The number of likely N-dealkylation sites (N-methyl/N-ethyl adjacent to an activating group) is 1. The number of fused-ring (bicyclic) bond motifs is 1. The van der Waals surface area contributed by atoms with Gasteiger partial charge in [-0.15, -0.1) is 0 Å². The van der Waals surface area contributed by atoms with E-state index < -0.39 is 0 Å². The standard InChI is InChI=1S/C15H14BrFN4/c1-18-14(7-10-6-11(16)2-3-13(10)17)12-8-20-21-5-4-19-9-15(12)21/h2-6,8-9,14,18H,7H2,1H3. The van der Waals surface area contributed by atoms with Crippen molar-refractivity contribution in [1.29, 1.82) is 0 Å². The number of rotatable bonds is 4. The summed E-state index contributed by atoms with van der Waals surface area (Å²) < 4.78 is 16.6. The minimum atomic E-state index is -0.201. The maximum absolute atomic E-state index is 13.9. The lowest BCUT2D eigenvalue weighted by Crippen LogP contribution is -2.19. The zero-order valence-corrected chi connectivity index (χ0v) is 13.0. The Balaban J connectivity index is 1.97. The Morgan fingerprint density at radius 1 is 1.38 bits per heavy atom. The third kappa shape index (κ3) is 2.82. The van der Waals surface area contributed by atoms with E-state index in [1.807, 2.05) is 13.1 Å². The van der Waals surface area contributed by atoms with Crippen molar-refractivity contribution < 1.29 is 4.39 Å². The van der Waals surface area contributed by atoms with Gasteiger partial charge in [-0.1, -0.05) is 15.9 Å². The minimum Gasteiger partial charge on any atom is -0.313 e. The van der Waals surface area contributed by atoms with Gasteiger partial charge in [0, 0.05) is 28.5 Å². The van der Waals surface area contributed by atoms with E-state index in [4.69, 9.17) is 0 Å². The van der Waals surface area contributed by atoms with Gasteiger partial charge in [-0.2, -0.15) is 5.10 Å². The highest BCUT2D eigenvalue weighted by atomic mass is 79.9. The largest absolute Gasteiger partial charge is 0.313 e. The molecule has 4 nitrogen and oxygen atoms in total. The molecular weight excluding hydrogens is 335 g/mol. The Labute approximate surface area is 130 Å². The van der Waals surface area contributed by atoms with Crippen molar-refractivity contribution >= 4 is 21.4 Å². The van der Waals surface area contributed by atoms with Crippen molar-refractivity contribution in [1.82, 2.24) is 19.9 Å². The summed E-state index contributed by atoms with van der Waals surface area (Å²) in [5.74, 6) is -0.201. The van der Waals surface area contributed by atoms with Crippen LogP contribution in [0.15, 0.2) is 47.5 Å². The predicted molar refractivity (Wildman–Crippen MR) is 82.6 cm³/mol. The van der Waals surface area contributed by atoms with Gasteiger partial charge in [0.1, 0.15) is 5.82 Å². The number of aromatic nitrogens is 3. The van der Waals surface area contributed by atoms with E-state index in [9.17, 15) is 4.39 Å². The van der Waals surface area contributed by atoms with Crippen LogP contribution >= 0.6 is 15.9 Å². The molecule has 0 saturated carbocycles. The molecule has 0 aliphatic rings. The lowest BCUT2D eigenvalue weighted by molar-refractivity contribution is 0.556. The van der Waals surface area contributed by atoms with Crippen LogP contribution in [-0.2, 0) is 6.42 Å². The zero-order valence-electron chi connectivity index (χ0n) is 11.4. The molecule has 0 aliphatic carbocycles. The first-order chi connectivity index (χ1) is 10.2. The molecule has 0 fully saturated rings. The molecule has 6 heteroatoms. The SMILES string of the molecule is CNC(Cc1cc(Br)ccc1F)c1cnn2ccncc12. The Bertz CT molecular complexity index is 771. The van der Waals surface area contributed by atoms with E-state index >= 15 is 0 Å². The van der Waals surface area contributed by atoms with Gasteiger partial charge >= 0.3 is 0 Å². The molecule has 3 aromatic rings. The first-order valence-corrected chi connectivity index (χ1v) is 7.37. The average molecular weight is 349 g/mol. The van der Waals surface area contributed by atoms with Crippen LogP contribution in [0.3, 0.4) is 0 Å². The Kier molecular flexibility index (Phi) is 3.98. The van der Waals surface area contributed by atoms with Crippen molar-refractivity contribution in [2.45, 2.75) is 12.5 Å². The highest BCUT2D eigenvalue weighted by molar-refractivity contribution is 9.10. The summed E-state index contributed by atoms with van der Waals surface area (Å²) in [5, 5.41) is 7.53. The van der Waals surface area contributed by atoms with Gasteiger partial charge in [0.25, 0.3) is 0 Å². The van der Waals surface area contributed by atoms with Crippen molar-refractivity contribution in [3.8, 4) is 0 Å². The lowest BCUT2D eigenvalue weighted by atomic mass is 10.00. The molecule has 2 aromatic heterocycles. The van der Waals surface area contributed by atoms with Crippen LogP contribution in [0, 0.1) is 5.82 Å². The van der Waals surface area contributed by atoms with E-state index in [1.165, 1.54) is 6.07 Å². The summed E-state index contributed by atoms with van der Waals surface area (Å²) in [6, 6.07) is 4.95. The second-order valence-electron chi connectivity index (χ2n) is 4.79. The molecule has 2 heterocycles. The van der Waals surface area contributed by atoms with Crippen LogP contribution in [0.5, 0.6) is 0 Å². The fourth-order valence-electron chi connectivity index (χ4n) is 2.41. The van der Waals surface area contributed by atoms with Gasteiger partial charge in [-0.3, -0.25) is 4.98 Å². The fourth-order valence-corrected chi connectivity index (χ4v) is 2.82. The number of benzene rings is 1. The minimum absolute atomic E-state index is 0.0319. The molecule has 1 atom stereocenters. The fraction of sp³-hybridized carbons (Fsp3) is 0.200. The molecule has 3 rings (SSSR count). The van der Waals surface area contributed by atoms with E-state index in [0.717, 1.165) is 15.6 Å². The maximum atomic E-state index is 13.9. The number of hydrogen-bond donors (Lipinski definition) is 1. The monoisotopic (exact) mass is 348 g/mol. The molecule has 0 amide bonds. The topological polar surface area (TPSA) is 42.2 Å². The molecule has 21 heavy (non-hydrogen) atoms. The zero-order chi connectivity index (χ0) is 14.8. The summed E-state index contributed by atoms with van der Waals surface area (Å²) in [6.07, 6.45) is 7.59. The van der Waals surface area contributed by atoms with E-state index in [0.29, 0.717) is 12.0 Å². The molecule has 108 valence electrons. The van der Waals surface area contributed by atoms with Crippen molar-refractivity contribution in [2.24, 2.45) is 0 Å². The molecule has 0 bridgehead atoms. The van der Waals surface area contributed by atoms with Crippen LogP contribution in [-0.4, -0.2) is 21.6 Å². The molecule has 0 spiro atoms. The first-order valence-electron chi connectivity index (χ1n) is 6.57. The Morgan fingerprint density at radius 2 is 2.24 bits per heavy atom. The van der Waals surface area contributed by atoms with Crippen LogP contribution in [0.25, 0.3) is 5.52 Å². The van der Waals surface area contributed by atoms with Crippen molar-refractivity contribution in [3.05, 3.63) is 64.4 Å². The van der Waals surface area contributed by atoms with Crippen molar-refractivity contribution in [2.75, 3.05) is 7.05 Å². The number of nitrogens with one attached hydrogen (secondary N) is 1. The molecule has 1 aromatic carbocycles. The summed E-state index contributed by atoms with van der Waals surface area (Å²) in [6.45, 7) is 0. The normalized spacial score (nSPS) is 12.7. The second-order valence-corrected chi connectivity index (χ2v) is 5.70. The number of hydrogen-bond acceptors (Lipinski definition) is 3. The smallest absolute Gasteiger partial charge is 0.126 e. The van der Waals surface area contributed by atoms with Crippen LogP contribution < -0.4 is 5.32 Å². The van der Waals surface area contributed by atoms with Crippen LogP contribution in [0.4, 0.5) is 4.39 Å². The van der Waals surface area contributed by atoms with Crippen LogP contribution in [0.1, 0.15) is 17.2 Å². The van der Waals surface area contributed by atoms with Gasteiger partial charge in [0.05, 0.1) is 17.9 Å². The average Bonchev–Trinajstić information content (AvgIpc) is 2.92. The van der Waals surface area contributed by atoms with Crippen LogP contribution in [0.2, 0.25) is 0 Å². The molecule has 1 unspecified atom stereocenters. The molecule has 0 radical (unpaired) electrons. The highest BCUT2D eigenvalue weighted by Crippen LogP contribution is 2.25. The van der Waals surface area contributed by atoms with Gasteiger partial charge < -0.3 is 5.32 Å². The Morgan fingerprint density at radius 3 is 3.05 bits per heavy atom. The maximum Gasteiger partial charge on any atom is 0.126 e. The number of nitrogens with zero attached hydrogens (tertiary/aromatic N) is 3. The number of halogens is 2. The van der Waals surface area contributed by atoms with Gasteiger partial charge in [0.2, 0.25) is 0 Å². The summed E-state index contributed by atoms with van der Waals surface area (Å²) in [5.41, 5.74) is 2.59. The third-order valence-corrected chi connectivity index (χ3v) is 4.00. The predicted octanol–water partition coefficient (Wildman–Crippen LogP) is 3.13. The molecule has 1 N–H and O–H groups in total. The molecule has 0 aliphatic heterocycles. The highest BCUT2D eigenvalue weighted by Gasteiger charge is 2.17. The molecule has 0 saturated heterocycles. The summed E-state index contributed by atoms with van der Waals surface area (Å²) in [4.78, 5) is 4.13. The summed E-state index contributed by atoms with van der Waals surface area (Å²) in [7, 11) is 1.86. The first kappa shape index (κ1) is 14.2. The van der Waals surface area contributed by atoms with E-state index in [1.54, 1.807) is 35.4 Å². The Hall–Kier alpha value is -1.79. The summed E-state index contributed by atoms with van der Waals surface area (Å²) >= 11 is 3.38. The second kappa shape index (κ2) is 5.91. The van der Waals surface area contributed by atoms with Gasteiger partial charge in [-0.25, -0.2) is 8.91 Å². The van der Waals surface area contributed by atoms with Gasteiger partial charge in [0.15, 0.2) is 0 Å². The van der Waals surface area contributed by atoms with E-state index in [2.05, 4.69) is 31.3 Å². The third-order valence-electron chi connectivity index (χ3n) is 3.51. The van der Waals surface area contributed by atoms with E-state index in [-0.39, 0.29) is 11.9 Å².